The van der Waals surface area contributed by atoms with Gasteiger partial charge in [0.2, 0.25) is 11.8 Å². The van der Waals surface area contributed by atoms with Gasteiger partial charge in [0.1, 0.15) is 6.04 Å². The van der Waals surface area contributed by atoms with E-state index in [0.29, 0.717) is 29.6 Å². The molecule has 0 heterocycles. The van der Waals surface area contributed by atoms with Gasteiger partial charge in [-0.3, -0.25) is 9.59 Å². The molecule has 0 fully saturated rings. The lowest BCUT2D eigenvalue weighted by Crippen LogP contribution is -2.49. The number of amides is 2. The molecule has 4 nitrogen and oxygen atoms in total. The molecule has 0 bridgehead atoms. The smallest absolute Gasteiger partial charge is 0.242 e. The van der Waals surface area contributed by atoms with E-state index in [1.807, 2.05) is 45.0 Å². The van der Waals surface area contributed by atoms with E-state index in [9.17, 15) is 9.59 Å². The number of carbonyl (C=O) groups excluding carboxylic acids is 2. The third-order valence-corrected chi connectivity index (χ3v) is 5.25. The molecule has 0 saturated heterocycles. The van der Waals surface area contributed by atoms with E-state index in [2.05, 4.69) is 5.32 Å². The minimum atomic E-state index is -0.532. The molecule has 2 aromatic carbocycles. The van der Waals surface area contributed by atoms with Crippen LogP contribution < -0.4 is 5.32 Å². The summed E-state index contributed by atoms with van der Waals surface area (Å²) in [6.45, 7) is 6.68. The number of nitrogens with one attached hydrogen (secondary N) is 1. The third kappa shape index (κ3) is 5.98. The normalized spacial score (nSPS) is 11.8. The highest BCUT2D eigenvalue weighted by Gasteiger charge is 2.28. The number of aryl methyl sites for hydroxylation is 1. The maximum atomic E-state index is 13.2. The number of nitrogens with zero attached hydrogens (tertiary/aromatic N) is 1. The first kappa shape index (κ1) is 22.3. The summed E-state index contributed by atoms with van der Waals surface area (Å²) in [6, 6.07) is 12.6. The second-order valence-electron chi connectivity index (χ2n) is 6.75. The Bertz CT molecular complexity index is 839. The molecule has 150 valence electrons. The van der Waals surface area contributed by atoms with Gasteiger partial charge in [0.05, 0.1) is 16.5 Å². The Hall–Kier alpha value is -2.04. The van der Waals surface area contributed by atoms with E-state index < -0.39 is 6.04 Å². The van der Waals surface area contributed by atoms with Crippen molar-refractivity contribution in [1.82, 2.24) is 10.2 Å². The Balaban J connectivity index is 2.30. The molecule has 2 aromatic rings. The van der Waals surface area contributed by atoms with Gasteiger partial charge < -0.3 is 10.2 Å². The molecule has 0 aromatic heterocycles. The minimum absolute atomic E-state index is 0.127. The lowest BCUT2D eigenvalue weighted by molar-refractivity contribution is -0.140. The molecule has 1 N–H and O–H groups in total. The molecular formula is C22H26Cl2N2O2. The standard InChI is InChI=1S/C22H26Cl2N2O2/c1-4-20(22(28)25-5-2)26(14-17-8-6-7-15(3)11-17)21(27)13-16-9-10-18(23)19(24)12-16/h6-12,20H,4-5,13-14H2,1-3H3,(H,25,28)/t20-/m0/s1. The molecule has 6 heteroatoms. The highest BCUT2D eigenvalue weighted by atomic mass is 35.5. The second-order valence-corrected chi connectivity index (χ2v) is 7.57. The molecule has 28 heavy (non-hydrogen) atoms. The molecule has 0 spiro atoms. The summed E-state index contributed by atoms with van der Waals surface area (Å²) in [4.78, 5) is 27.4. The van der Waals surface area contributed by atoms with E-state index in [0.717, 1.165) is 16.7 Å². The molecule has 0 aliphatic heterocycles. The minimum Gasteiger partial charge on any atom is -0.355 e. The van der Waals surface area contributed by atoms with Gasteiger partial charge in [-0.2, -0.15) is 0 Å². The highest BCUT2D eigenvalue weighted by molar-refractivity contribution is 6.42. The van der Waals surface area contributed by atoms with E-state index in [1.54, 1.807) is 23.1 Å². The van der Waals surface area contributed by atoms with Gasteiger partial charge in [0.25, 0.3) is 0 Å². The summed E-state index contributed by atoms with van der Waals surface area (Å²) < 4.78 is 0. The number of carbonyl (C=O) groups is 2. The van der Waals surface area contributed by atoms with Crippen molar-refractivity contribution in [2.75, 3.05) is 6.54 Å². The molecule has 2 amide bonds. The van der Waals surface area contributed by atoms with Crippen LogP contribution in [0, 0.1) is 6.92 Å². The highest BCUT2D eigenvalue weighted by Crippen LogP contribution is 2.23. The number of halogens is 2. The maximum absolute atomic E-state index is 13.2. The Morgan fingerprint density at radius 3 is 2.39 bits per heavy atom. The number of rotatable bonds is 8. The van der Waals surface area contributed by atoms with Gasteiger partial charge in [-0.1, -0.05) is 66.0 Å². The van der Waals surface area contributed by atoms with Gasteiger partial charge in [-0.15, -0.1) is 0 Å². The Kier molecular flexibility index (Phi) is 8.34. The van der Waals surface area contributed by atoms with Gasteiger partial charge in [-0.25, -0.2) is 0 Å². The van der Waals surface area contributed by atoms with E-state index in [-0.39, 0.29) is 18.2 Å². The van der Waals surface area contributed by atoms with Crippen molar-refractivity contribution in [2.24, 2.45) is 0 Å². The molecule has 0 saturated carbocycles. The van der Waals surface area contributed by atoms with Crippen LogP contribution in [-0.2, 0) is 22.6 Å². The number of benzene rings is 2. The van der Waals surface area contributed by atoms with Crippen molar-refractivity contribution >= 4 is 35.0 Å². The molecule has 1 atom stereocenters. The topological polar surface area (TPSA) is 49.4 Å². The molecule has 0 radical (unpaired) electrons. The SMILES string of the molecule is CCNC(=O)[C@H](CC)N(Cc1cccc(C)c1)C(=O)Cc1ccc(Cl)c(Cl)c1. The van der Waals surface area contributed by atoms with Gasteiger partial charge in [0, 0.05) is 13.1 Å². The van der Waals surface area contributed by atoms with Gasteiger partial charge in [0.15, 0.2) is 0 Å². The fraction of sp³-hybridized carbons (Fsp3) is 0.364. The van der Waals surface area contributed by atoms with E-state index >= 15 is 0 Å². The fourth-order valence-corrected chi connectivity index (χ4v) is 3.47. The number of hydrogen-bond acceptors (Lipinski definition) is 2. The van der Waals surface area contributed by atoms with Gasteiger partial charge in [-0.05, 0) is 43.5 Å². The monoisotopic (exact) mass is 420 g/mol. The fourth-order valence-electron chi connectivity index (χ4n) is 3.14. The number of likely N-dealkylation sites (N-methyl/N-ethyl adjacent to an activating group) is 1. The summed E-state index contributed by atoms with van der Waals surface area (Å²) in [6.07, 6.45) is 0.684. The van der Waals surface area contributed by atoms with E-state index in [4.69, 9.17) is 23.2 Å². The predicted molar refractivity (Wildman–Crippen MR) is 115 cm³/mol. The van der Waals surface area contributed by atoms with Crippen LogP contribution in [0.25, 0.3) is 0 Å². The average Bonchev–Trinajstić information content (AvgIpc) is 2.65. The molecule has 0 aliphatic rings. The zero-order valence-electron chi connectivity index (χ0n) is 16.5. The first-order valence-electron chi connectivity index (χ1n) is 9.42. The Morgan fingerprint density at radius 1 is 1.04 bits per heavy atom. The summed E-state index contributed by atoms with van der Waals surface area (Å²) in [7, 11) is 0. The van der Waals surface area contributed by atoms with Crippen molar-refractivity contribution < 1.29 is 9.59 Å². The average molecular weight is 421 g/mol. The quantitative estimate of drug-likeness (QED) is 0.667. The summed E-state index contributed by atoms with van der Waals surface area (Å²) in [5.41, 5.74) is 2.87. The lowest BCUT2D eigenvalue weighted by atomic mass is 10.1. The summed E-state index contributed by atoms with van der Waals surface area (Å²) >= 11 is 12.1. The van der Waals surface area contributed by atoms with E-state index in [1.165, 1.54) is 0 Å². The summed E-state index contributed by atoms with van der Waals surface area (Å²) in [5, 5.41) is 3.70. The van der Waals surface area contributed by atoms with Crippen LogP contribution in [0.2, 0.25) is 10.0 Å². The van der Waals surface area contributed by atoms with Crippen LogP contribution in [-0.4, -0.2) is 29.3 Å². The first-order valence-corrected chi connectivity index (χ1v) is 10.2. The lowest BCUT2D eigenvalue weighted by Gasteiger charge is -2.30. The largest absolute Gasteiger partial charge is 0.355 e. The van der Waals surface area contributed by atoms with Crippen LogP contribution in [0.15, 0.2) is 42.5 Å². The van der Waals surface area contributed by atoms with Crippen LogP contribution in [0.4, 0.5) is 0 Å². The first-order chi connectivity index (χ1) is 13.3. The molecule has 0 aliphatic carbocycles. The molecule has 0 unspecified atom stereocenters. The van der Waals surface area contributed by atoms with Crippen LogP contribution in [0.3, 0.4) is 0 Å². The van der Waals surface area contributed by atoms with Crippen molar-refractivity contribution in [3.8, 4) is 0 Å². The van der Waals surface area contributed by atoms with Crippen molar-refractivity contribution in [3.05, 3.63) is 69.2 Å². The molecular weight excluding hydrogens is 395 g/mol. The van der Waals surface area contributed by atoms with Crippen molar-refractivity contribution in [2.45, 2.75) is 46.2 Å². The Labute approximate surface area is 176 Å². The summed E-state index contributed by atoms with van der Waals surface area (Å²) in [5.74, 6) is -0.266. The van der Waals surface area contributed by atoms with Crippen LogP contribution in [0.1, 0.15) is 37.0 Å². The zero-order valence-corrected chi connectivity index (χ0v) is 18.0. The van der Waals surface area contributed by atoms with Crippen LogP contribution in [0.5, 0.6) is 0 Å². The second kappa shape index (κ2) is 10.5. The third-order valence-electron chi connectivity index (χ3n) is 4.51. The maximum Gasteiger partial charge on any atom is 0.242 e. The van der Waals surface area contributed by atoms with Crippen molar-refractivity contribution in [1.29, 1.82) is 0 Å². The molecule has 2 rings (SSSR count). The predicted octanol–water partition coefficient (Wildman–Crippen LogP) is 4.79. The van der Waals surface area contributed by atoms with Crippen LogP contribution >= 0.6 is 23.2 Å². The zero-order chi connectivity index (χ0) is 20.7. The number of hydrogen-bond donors (Lipinski definition) is 1. The van der Waals surface area contributed by atoms with Gasteiger partial charge >= 0.3 is 0 Å². The van der Waals surface area contributed by atoms with Crippen molar-refractivity contribution in [3.63, 3.8) is 0 Å². The Morgan fingerprint density at radius 2 is 1.79 bits per heavy atom.